The van der Waals surface area contributed by atoms with Crippen LogP contribution >= 0.6 is 11.8 Å². The highest BCUT2D eigenvalue weighted by atomic mass is 32.2. The van der Waals surface area contributed by atoms with Gasteiger partial charge in [-0.05, 0) is 61.4 Å². The molecule has 0 N–H and O–H groups in total. The van der Waals surface area contributed by atoms with E-state index >= 15 is 0 Å². The molecule has 4 nitrogen and oxygen atoms in total. The van der Waals surface area contributed by atoms with Crippen molar-refractivity contribution in [3.8, 4) is 16.9 Å². The lowest BCUT2D eigenvalue weighted by atomic mass is 10.0. The average Bonchev–Trinajstić information content (AvgIpc) is 3.06. The number of methoxy groups -OCH3 is 1. The Kier molecular flexibility index (Phi) is 6.32. The molecule has 0 saturated carbocycles. The first-order chi connectivity index (χ1) is 13.1. The summed E-state index contributed by atoms with van der Waals surface area (Å²) in [6, 6.07) is 10.5. The Morgan fingerprint density at radius 1 is 1.11 bits per heavy atom. The number of hydrogen-bond donors (Lipinski definition) is 0. The lowest BCUT2D eigenvalue weighted by Gasteiger charge is -2.24. The van der Waals surface area contributed by atoms with Crippen molar-refractivity contribution in [3.63, 3.8) is 0 Å². The number of pyridine rings is 1. The van der Waals surface area contributed by atoms with Gasteiger partial charge in [0.15, 0.2) is 0 Å². The monoisotopic (exact) mass is 383 g/mol. The zero-order chi connectivity index (χ0) is 19.4. The first-order valence-electron chi connectivity index (χ1n) is 9.59. The largest absolute Gasteiger partial charge is 0.497 e. The summed E-state index contributed by atoms with van der Waals surface area (Å²) in [6.45, 7) is 8.68. The summed E-state index contributed by atoms with van der Waals surface area (Å²) in [5.41, 5.74) is 4.56. The summed E-state index contributed by atoms with van der Waals surface area (Å²) in [5, 5.41) is 1.09. The third-order valence-electron chi connectivity index (χ3n) is 4.80. The fourth-order valence-corrected chi connectivity index (χ4v) is 4.19. The number of benzene rings is 1. The number of imidazole rings is 1. The number of rotatable bonds is 8. The van der Waals surface area contributed by atoms with Crippen LogP contribution in [0.4, 0.5) is 5.82 Å². The topological polar surface area (TPSA) is 29.8 Å². The van der Waals surface area contributed by atoms with E-state index in [0.717, 1.165) is 47.9 Å². The van der Waals surface area contributed by atoms with Crippen molar-refractivity contribution < 1.29 is 4.74 Å². The molecule has 5 heteroatoms. The predicted molar refractivity (Wildman–Crippen MR) is 116 cm³/mol. The van der Waals surface area contributed by atoms with Gasteiger partial charge in [0, 0.05) is 24.8 Å². The summed E-state index contributed by atoms with van der Waals surface area (Å²) < 4.78 is 7.63. The van der Waals surface area contributed by atoms with Gasteiger partial charge in [0.05, 0.1) is 7.11 Å². The molecule has 0 aliphatic rings. The van der Waals surface area contributed by atoms with Crippen molar-refractivity contribution in [2.75, 3.05) is 31.4 Å². The Hall–Kier alpha value is -2.14. The number of aryl methyl sites for hydroxylation is 1. The molecule has 2 aromatic heterocycles. The molecule has 0 saturated heterocycles. The average molecular weight is 384 g/mol. The quantitative estimate of drug-likeness (QED) is 0.469. The van der Waals surface area contributed by atoms with Crippen LogP contribution in [0.15, 0.2) is 41.6 Å². The van der Waals surface area contributed by atoms with Crippen LogP contribution in [-0.4, -0.2) is 35.8 Å². The highest BCUT2D eigenvalue weighted by Gasteiger charge is 2.20. The van der Waals surface area contributed by atoms with Crippen molar-refractivity contribution >= 4 is 23.2 Å². The second-order valence-corrected chi connectivity index (χ2v) is 7.52. The van der Waals surface area contributed by atoms with Gasteiger partial charge in [0.1, 0.15) is 22.2 Å². The van der Waals surface area contributed by atoms with Gasteiger partial charge in [-0.3, -0.25) is 4.40 Å². The van der Waals surface area contributed by atoms with Crippen molar-refractivity contribution in [1.82, 2.24) is 9.38 Å². The zero-order valence-corrected chi connectivity index (χ0v) is 17.8. The molecule has 3 aromatic rings. The number of ether oxygens (including phenoxy) is 1. The Labute approximate surface area is 166 Å². The molecule has 1 aromatic carbocycles. The second kappa shape index (κ2) is 8.70. The molecule has 0 bridgehead atoms. The van der Waals surface area contributed by atoms with Crippen LogP contribution < -0.4 is 9.64 Å². The summed E-state index contributed by atoms with van der Waals surface area (Å²) in [5.74, 6) is 2.10. The highest BCUT2D eigenvalue weighted by molar-refractivity contribution is 7.98. The van der Waals surface area contributed by atoms with E-state index < -0.39 is 0 Å². The maximum absolute atomic E-state index is 5.37. The van der Waals surface area contributed by atoms with Gasteiger partial charge in [-0.1, -0.05) is 19.9 Å². The normalized spacial score (nSPS) is 11.1. The molecule has 0 spiro atoms. The zero-order valence-electron chi connectivity index (χ0n) is 17.0. The van der Waals surface area contributed by atoms with E-state index in [9.17, 15) is 0 Å². The summed E-state index contributed by atoms with van der Waals surface area (Å²) in [7, 11) is 1.71. The Bertz CT molecular complexity index is 913. The van der Waals surface area contributed by atoms with Crippen LogP contribution in [0.1, 0.15) is 32.3 Å². The molecule has 2 heterocycles. The van der Waals surface area contributed by atoms with Crippen LogP contribution in [0.5, 0.6) is 5.75 Å². The minimum absolute atomic E-state index is 0.883. The Morgan fingerprint density at radius 2 is 1.85 bits per heavy atom. The van der Waals surface area contributed by atoms with E-state index in [1.54, 1.807) is 18.9 Å². The van der Waals surface area contributed by atoms with Crippen LogP contribution in [-0.2, 0) is 0 Å². The first-order valence-corrected chi connectivity index (χ1v) is 10.8. The van der Waals surface area contributed by atoms with Crippen LogP contribution in [0.2, 0.25) is 0 Å². The van der Waals surface area contributed by atoms with E-state index in [1.807, 2.05) is 6.07 Å². The molecule has 0 unspecified atom stereocenters. The fourth-order valence-electron chi connectivity index (χ4n) is 3.60. The molecule has 0 amide bonds. The number of hydrogen-bond acceptors (Lipinski definition) is 4. The standard InChI is InChI=1S/C22H29N3OS/c1-6-12-24(13-7-2)22-21(27-5)23-20-19(9-8-14-25(20)22)18-11-10-17(26-4)15-16(18)3/h8-11,14-15H,6-7,12-13H2,1-5H3. The summed E-state index contributed by atoms with van der Waals surface area (Å²) in [4.78, 5) is 7.50. The molecule has 27 heavy (non-hydrogen) atoms. The van der Waals surface area contributed by atoms with Gasteiger partial charge in [0.25, 0.3) is 0 Å². The van der Waals surface area contributed by atoms with Gasteiger partial charge >= 0.3 is 0 Å². The molecule has 0 aliphatic carbocycles. The third-order valence-corrected chi connectivity index (χ3v) is 5.46. The van der Waals surface area contributed by atoms with E-state index in [0.29, 0.717) is 0 Å². The van der Waals surface area contributed by atoms with Gasteiger partial charge < -0.3 is 9.64 Å². The molecular weight excluding hydrogens is 354 g/mol. The van der Waals surface area contributed by atoms with Gasteiger partial charge in [-0.2, -0.15) is 0 Å². The predicted octanol–water partition coefficient (Wildman–Crippen LogP) is 5.67. The van der Waals surface area contributed by atoms with Crippen molar-refractivity contribution in [2.45, 2.75) is 38.6 Å². The van der Waals surface area contributed by atoms with Crippen molar-refractivity contribution in [3.05, 3.63) is 42.1 Å². The molecule has 144 valence electrons. The lowest BCUT2D eigenvalue weighted by Crippen LogP contribution is -2.26. The smallest absolute Gasteiger partial charge is 0.147 e. The number of aromatic nitrogens is 2. The van der Waals surface area contributed by atoms with Gasteiger partial charge in [-0.15, -0.1) is 11.8 Å². The van der Waals surface area contributed by atoms with Crippen LogP contribution in [0, 0.1) is 6.92 Å². The van der Waals surface area contributed by atoms with Crippen molar-refractivity contribution in [2.24, 2.45) is 0 Å². The number of anilines is 1. The van der Waals surface area contributed by atoms with E-state index in [1.165, 1.54) is 16.9 Å². The first kappa shape index (κ1) is 19.6. The van der Waals surface area contributed by atoms with Gasteiger partial charge in [-0.25, -0.2) is 4.98 Å². The number of thioether (sulfide) groups is 1. The molecule has 0 fully saturated rings. The van der Waals surface area contributed by atoms with E-state index in [-0.39, 0.29) is 0 Å². The Morgan fingerprint density at radius 3 is 2.44 bits per heavy atom. The number of fused-ring (bicyclic) bond motifs is 1. The maximum Gasteiger partial charge on any atom is 0.147 e. The molecule has 0 radical (unpaired) electrons. The number of nitrogens with zero attached hydrogens (tertiary/aromatic N) is 3. The molecule has 0 atom stereocenters. The SMILES string of the molecule is CCCN(CCC)c1c(SC)nc2c(-c3ccc(OC)cc3C)cccn12. The summed E-state index contributed by atoms with van der Waals surface area (Å²) in [6.07, 6.45) is 6.49. The minimum Gasteiger partial charge on any atom is -0.497 e. The second-order valence-electron chi connectivity index (χ2n) is 6.73. The fraction of sp³-hybridized carbons (Fsp3) is 0.409. The highest BCUT2D eigenvalue weighted by Crippen LogP contribution is 2.35. The van der Waals surface area contributed by atoms with Gasteiger partial charge in [0.2, 0.25) is 0 Å². The van der Waals surface area contributed by atoms with Crippen LogP contribution in [0.25, 0.3) is 16.8 Å². The molecule has 3 rings (SSSR count). The maximum atomic E-state index is 5.37. The van der Waals surface area contributed by atoms with E-state index in [2.05, 4.69) is 66.8 Å². The van der Waals surface area contributed by atoms with Crippen LogP contribution in [0.3, 0.4) is 0 Å². The Balaban J connectivity index is 2.20. The summed E-state index contributed by atoms with van der Waals surface area (Å²) >= 11 is 1.72. The van der Waals surface area contributed by atoms with Crippen molar-refractivity contribution in [1.29, 1.82) is 0 Å². The minimum atomic E-state index is 0.883. The van der Waals surface area contributed by atoms with E-state index in [4.69, 9.17) is 9.72 Å². The molecular formula is C22H29N3OS. The molecule has 0 aliphatic heterocycles. The lowest BCUT2D eigenvalue weighted by molar-refractivity contribution is 0.414. The third kappa shape index (κ3) is 3.79.